The van der Waals surface area contributed by atoms with Gasteiger partial charge in [-0.2, -0.15) is 0 Å². The molecule has 3 nitrogen and oxygen atoms in total. The van der Waals surface area contributed by atoms with E-state index in [1.807, 2.05) is 37.4 Å². The Bertz CT molecular complexity index is 560. The average Bonchev–Trinajstić information content (AvgIpc) is 2.73. The second kappa shape index (κ2) is 4.59. The fourth-order valence-electron chi connectivity index (χ4n) is 1.59. The van der Waals surface area contributed by atoms with Crippen molar-refractivity contribution in [1.29, 1.82) is 0 Å². The van der Waals surface area contributed by atoms with Gasteiger partial charge in [-0.05, 0) is 31.0 Å². The molecule has 17 heavy (non-hydrogen) atoms. The molecule has 88 valence electrons. The van der Waals surface area contributed by atoms with Gasteiger partial charge in [0.2, 0.25) is 0 Å². The first-order chi connectivity index (χ1) is 8.09. The summed E-state index contributed by atoms with van der Waals surface area (Å²) in [7, 11) is 0. The lowest BCUT2D eigenvalue weighted by Crippen LogP contribution is -2.00. The van der Waals surface area contributed by atoms with Crippen LogP contribution in [0, 0.1) is 13.8 Å². The van der Waals surface area contributed by atoms with Crippen LogP contribution in [0.1, 0.15) is 21.5 Å². The number of aryl methyl sites for hydroxylation is 1. The Balaban J connectivity index is 2.35. The van der Waals surface area contributed by atoms with E-state index in [9.17, 15) is 4.79 Å². The number of carboxylic acids is 1. The van der Waals surface area contributed by atoms with Gasteiger partial charge in [0, 0.05) is 16.4 Å². The summed E-state index contributed by atoms with van der Waals surface area (Å²) in [5.74, 6) is -0.904. The molecule has 0 saturated carbocycles. The van der Waals surface area contributed by atoms with E-state index < -0.39 is 5.97 Å². The van der Waals surface area contributed by atoms with Crippen LogP contribution in [0.15, 0.2) is 29.0 Å². The Morgan fingerprint density at radius 3 is 2.71 bits per heavy atom. The minimum atomic E-state index is -0.904. The Morgan fingerprint density at radius 2 is 2.00 bits per heavy atom. The second-order valence-electron chi connectivity index (χ2n) is 3.88. The van der Waals surface area contributed by atoms with Crippen molar-refractivity contribution in [1.82, 2.24) is 0 Å². The molecule has 0 atom stereocenters. The Labute approximate surface area is 104 Å². The van der Waals surface area contributed by atoms with E-state index in [2.05, 4.69) is 5.32 Å². The highest BCUT2D eigenvalue weighted by molar-refractivity contribution is 7.08. The van der Waals surface area contributed by atoms with Crippen molar-refractivity contribution >= 4 is 28.7 Å². The third-order valence-electron chi connectivity index (χ3n) is 2.77. The van der Waals surface area contributed by atoms with E-state index in [-0.39, 0.29) is 0 Å². The molecule has 0 aliphatic rings. The molecule has 0 aliphatic heterocycles. The summed E-state index contributed by atoms with van der Waals surface area (Å²) in [6.07, 6.45) is 0. The van der Waals surface area contributed by atoms with Gasteiger partial charge in [-0.1, -0.05) is 12.1 Å². The highest BCUT2D eigenvalue weighted by Gasteiger charge is 2.11. The number of nitrogens with one attached hydrogen (secondary N) is 1. The quantitative estimate of drug-likeness (QED) is 0.867. The lowest BCUT2D eigenvalue weighted by atomic mass is 10.1. The van der Waals surface area contributed by atoms with Gasteiger partial charge in [-0.3, -0.25) is 0 Å². The molecule has 2 rings (SSSR count). The minimum absolute atomic E-state index is 0.316. The fraction of sp³-hybridized carbons (Fsp3) is 0.154. The summed E-state index contributed by atoms with van der Waals surface area (Å²) >= 11 is 1.38. The van der Waals surface area contributed by atoms with Crippen LogP contribution in [0.5, 0.6) is 0 Å². The molecule has 1 heterocycles. The fourth-order valence-corrected chi connectivity index (χ4v) is 2.34. The van der Waals surface area contributed by atoms with Crippen LogP contribution in [0.3, 0.4) is 0 Å². The molecule has 0 fully saturated rings. The van der Waals surface area contributed by atoms with Crippen LogP contribution < -0.4 is 5.32 Å². The number of carboxylic acid groups (broad SMARTS) is 1. The molecule has 0 aliphatic carbocycles. The summed E-state index contributed by atoms with van der Waals surface area (Å²) in [4.78, 5) is 11.0. The number of carbonyl (C=O) groups is 1. The van der Waals surface area contributed by atoms with Crippen molar-refractivity contribution in [3.05, 3.63) is 45.6 Å². The van der Waals surface area contributed by atoms with E-state index in [4.69, 9.17) is 5.11 Å². The predicted octanol–water partition coefficient (Wildman–Crippen LogP) is 3.81. The number of thiophene rings is 1. The van der Waals surface area contributed by atoms with Crippen LogP contribution in [0.2, 0.25) is 0 Å². The molecule has 0 radical (unpaired) electrons. The van der Waals surface area contributed by atoms with Crippen molar-refractivity contribution in [3.63, 3.8) is 0 Å². The van der Waals surface area contributed by atoms with Gasteiger partial charge in [-0.15, -0.1) is 11.3 Å². The predicted molar refractivity (Wildman–Crippen MR) is 70.5 cm³/mol. The minimum Gasteiger partial charge on any atom is -0.478 e. The first-order valence-electron chi connectivity index (χ1n) is 5.22. The maximum atomic E-state index is 11.0. The van der Waals surface area contributed by atoms with Gasteiger partial charge < -0.3 is 10.4 Å². The first kappa shape index (κ1) is 11.7. The highest BCUT2D eigenvalue weighted by atomic mass is 32.1. The van der Waals surface area contributed by atoms with Crippen molar-refractivity contribution in [2.75, 3.05) is 5.32 Å². The average molecular weight is 247 g/mol. The molecule has 4 heteroatoms. The van der Waals surface area contributed by atoms with Gasteiger partial charge in [0.05, 0.1) is 11.3 Å². The zero-order chi connectivity index (χ0) is 12.4. The zero-order valence-corrected chi connectivity index (χ0v) is 10.5. The number of rotatable bonds is 3. The van der Waals surface area contributed by atoms with Crippen molar-refractivity contribution in [3.8, 4) is 0 Å². The van der Waals surface area contributed by atoms with Crippen LogP contribution >= 0.6 is 11.3 Å². The Morgan fingerprint density at radius 1 is 1.24 bits per heavy atom. The maximum Gasteiger partial charge on any atom is 0.338 e. The summed E-state index contributed by atoms with van der Waals surface area (Å²) in [5, 5.41) is 15.6. The molecule has 2 N–H and O–H groups in total. The summed E-state index contributed by atoms with van der Waals surface area (Å²) in [5.41, 5.74) is 4.23. The monoisotopic (exact) mass is 247 g/mol. The van der Waals surface area contributed by atoms with E-state index in [1.54, 1.807) is 5.38 Å². The van der Waals surface area contributed by atoms with Gasteiger partial charge in [0.25, 0.3) is 0 Å². The lowest BCUT2D eigenvalue weighted by Gasteiger charge is -2.10. The van der Waals surface area contributed by atoms with E-state index >= 15 is 0 Å². The van der Waals surface area contributed by atoms with Gasteiger partial charge in [0.15, 0.2) is 0 Å². The summed E-state index contributed by atoms with van der Waals surface area (Å²) in [6, 6.07) is 5.94. The Hall–Kier alpha value is -1.81. The molecule has 2 aromatic rings. The van der Waals surface area contributed by atoms with Gasteiger partial charge in [-0.25, -0.2) is 4.79 Å². The smallest absolute Gasteiger partial charge is 0.338 e. The van der Waals surface area contributed by atoms with Crippen LogP contribution in [0.25, 0.3) is 0 Å². The number of anilines is 2. The molecular formula is C13H13NO2S. The van der Waals surface area contributed by atoms with Crippen LogP contribution in [0.4, 0.5) is 11.4 Å². The lowest BCUT2D eigenvalue weighted by molar-refractivity contribution is 0.0698. The summed E-state index contributed by atoms with van der Waals surface area (Å²) < 4.78 is 0. The van der Waals surface area contributed by atoms with E-state index in [0.717, 1.165) is 11.3 Å². The van der Waals surface area contributed by atoms with Crippen molar-refractivity contribution in [2.24, 2.45) is 0 Å². The first-order valence-corrected chi connectivity index (χ1v) is 6.16. The molecule has 0 amide bonds. The molecule has 0 spiro atoms. The summed E-state index contributed by atoms with van der Waals surface area (Å²) in [6.45, 7) is 4.05. The van der Waals surface area contributed by atoms with Crippen LogP contribution in [-0.2, 0) is 0 Å². The molecule has 0 bridgehead atoms. The molecule has 1 aromatic heterocycles. The van der Waals surface area contributed by atoms with Crippen molar-refractivity contribution < 1.29 is 9.90 Å². The topological polar surface area (TPSA) is 49.3 Å². The zero-order valence-electron chi connectivity index (χ0n) is 9.65. The standard InChI is InChI=1S/C13H13NO2S/c1-8-4-3-5-11(9(8)2)14-12-7-17-6-10(12)13(15)16/h3-7,14H,1-2H3,(H,15,16). The number of aromatic carboxylic acids is 1. The molecule has 1 aromatic carbocycles. The molecule has 0 unspecified atom stereocenters. The number of hydrogen-bond acceptors (Lipinski definition) is 3. The third kappa shape index (κ3) is 2.31. The SMILES string of the molecule is Cc1cccc(Nc2cscc2C(=O)O)c1C. The van der Waals surface area contributed by atoms with E-state index in [1.165, 1.54) is 16.9 Å². The molecular weight excluding hydrogens is 234 g/mol. The second-order valence-corrected chi connectivity index (χ2v) is 4.62. The van der Waals surface area contributed by atoms with Gasteiger partial charge >= 0.3 is 5.97 Å². The van der Waals surface area contributed by atoms with Crippen LogP contribution in [-0.4, -0.2) is 11.1 Å². The van der Waals surface area contributed by atoms with Gasteiger partial charge in [0.1, 0.15) is 0 Å². The third-order valence-corrected chi connectivity index (χ3v) is 3.51. The molecule has 0 saturated heterocycles. The van der Waals surface area contributed by atoms with E-state index in [0.29, 0.717) is 11.3 Å². The highest BCUT2D eigenvalue weighted by Crippen LogP contribution is 2.27. The van der Waals surface area contributed by atoms with Crippen molar-refractivity contribution in [2.45, 2.75) is 13.8 Å². The number of hydrogen-bond donors (Lipinski definition) is 2. The number of benzene rings is 1. The maximum absolute atomic E-state index is 11.0. The Kier molecular flexibility index (Phi) is 3.15. The normalized spacial score (nSPS) is 10.2. The largest absolute Gasteiger partial charge is 0.478 e.